The molecular weight excluding hydrogens is 300 g/mol. The van der Waals surface area contributed by atoms with Gasteiger partial charge in [-0.05, 0) is 32.0 Å². The van der Waals surface area contributed by atoms with Gasteiger partial charge in [0.1, 0.15) is 18.0 Å². The van der Waals surface area contributed by atoms with Gasteiger partial charge in [-0.15, -0.1) is 0 Å². The van der Waals surface area contributed by atoms with E-state index in [1.807, 2.05) is 13.8 Å². The highest BCUT2D eigenvalue weighted by molar-refractivity contribution is 6.74. The zero-order valence-corrected chi connectivity index (χ0v) is 15.8. The molecule has 1 saturated carbocycles. The van der Waals surface area contributed by atoms with Crippen LogP contribution in [0, 0.1) is 5.92 Å². The summed E-state index contributed by atoms with van der Waals surface area (Å²) < 4.78 is 18.4. The van der Waals surface area contributed by atoms with Crippen molar-refractivity contribution in [1.29, 1.82) is 0 Å². The molecule has 0 unspecified atom stereocenters. The van der Waals surface area contributed by atoms with E-state index < -0.39 is 26.1 Å². The molecule has 5 nitrogen and oxygen atoms in total. The maximum absolute atomic E-state index is 12.4. The monoisotopic (exact) mass is 330 g/mol. The Hall–Kier alpha value is -0.273. The molecule has 6 heteroatoms. The Labute approximate surface area is 134 Å². The third-order valence-corrected chi connectivity index (χ3v) is 9.70. The number of carbonyl (C=O) groups excluding carboxylic acids is 1. The van der Waals surface area contributed by atoms with Crippen molar-refractivity contribution in [2.45, 2.75) is 83.3 Å². The van der Waals surface area contributed by atoms with Crippen molar-refractivity contribution in [3.05, 3.63) is 0 Å². The summed E-state index contributed by atoms with van der Waals surface area (Å²) in [6.07, 6.45) is -0.712. The van der Waals surface area contributed by atoms with E-state index in [0.717, 1.165) is 0 Å². The van der Waals surface area contributed by atoms with E-state index in [1.165, 1.54) is 0 Å². The summed E-state index contributed by atoms with van der Waals surface area (Å²) in [5.74, 6) is -1.25. The molecule has 0 aromatic carbocycles. The maximum Gasteiger partial charge on any atom is 0.192 e. The first-order valence-electron chi connectivity index (χ1n) is 8.05. The van der Waals surface area contributed by atoms with E-state index in [9.17, 15) is 9.90 Å². The molecule has 128 valence electrons. The number of hydrogen-bond acceptors (Lipinski definition) is 5. The van der Waals surface area contributed by atoms with E-state index >= 15 is 0 Å². The Morgan fingerprint density at radius 3 is 2.32 bits per heavy atom. The highest BCUT2D eigenvalue weighted by Crippen LogP contribution is 2.43. The van der Waals surface area contributed by atoms with Gasteiger partial charge in [-0.3, -0.25) is 4.79 Å². The van der Waals surface area contributed by atoms with Crippen LogP contribution in [0.2, 0.25) is 18.1 Å². The lowest BCUT2D eigenvalue weighted by Crippen LogP contribution is -2.55. The smallest absolute Gasteiger partial charge is 0.192 e. The zero-order valence-electron chi connectivity index (χ0n) is 14.8. The summed E-state index contributed by atoms with van der Waals surface area (Å²) in [4.78, 5) is 12.4. The van der Waals surface area contributed by atoms with Crippen LogP contribution in [0.4, 0.5) is 0 Å². The van der Waals surface area contributed by atoms with Gasteiger partial charge in [0.25, 0.3) is 0 Å². The minimum Gasteiger partial charge on any atom is -0.411 e. The molecule has 2 rings (SSSR count). The van der Waals surface area contributed by atoms with Crippen molar-refractivity contribution in [1.82, 2.24) is 0 Å². The molecule has 1 aliphatic carbocycles. The molecule has 4 atom stereocenters. The molecule has 1 N–H and O–H groups in total. The van der Waals surface area contributed by atoms with Gasteiger partial charge in [-0.25, -0.2) is 0 Å². The van der Waals surface area contributed by atoms with E-state index in [4.69, 9.17) is 13.9 Å². The number of carbonyl (C=O) groups is 1. The normalized spacial score (nSPS) is 35.5. The van der Waals surface area contributed by atoms with Gasteiger partial charge in [0.15, 0.2) is 14.1 Å². The topological polar surface area (TPSA) is 65.0 Å². The molecule has 1 saturated heterocycles. The summed E-state index contributed by atoms with van der Waals surface area (Å²) in [6.45, 7) is 14.3. The minimum absolute atomic E-state index is 0.00811. The van der Waals surface area contributed by atoms with E-state index in [0.29, 0.717) is 6.42 Å². The van der Waals surface area contributed by atoms with Gasteiger partial charge in [0.2, 0.25) is 0 Å². The van der Waals surface area contributed by atoms with Gasteiger partial charge in [0, 0.05) is 6.42 Å². The van der Waals surface area contributed by atoms with Crippen LogP contribution in [0.1, 0.15) is 41.0 Å². The molecular formula is C16H30O5Si. The summed E-state index contributed by atoms with van der Waals surface area (Å²) in [7, 11) is -2.01. The fourth-order valence-corrected chi connectivity index (χ4v) is 4.26. The predicted molar refractivity (Wildman–Crippen MR) is 86.1 cm³/mol. The van der Waals surface area contributed by atoms with Gasteiger partial charge >= 0.3 is 0 Å². The van der Waals surface area contributed by atoms with Crippen LogP contribution >= 0.6 is 0 Å². The van der Waals surface area contributed by atoms with Crippen LogP contribution in [-0.2, 0) is 18.7 Å². The summed E-state index contributed by atoms with van der Waals surface area (Å²) in [5, 5.41) is 9.60. The Morgan fingerprint density at radius 2 is 1.82 bits per heavy atom. The number of hydrogen-bond donors (Lipinski definition) is 1. The van der Waals surface area contributed by atoms with Crippen LogP contribution in [0.25, 0.3) is 0 Å². The number of ketones is 1. The lowest BCUT2D eigenvalue weighted by molar-refractivity contribution is -0.154. The van der Waals surface area contributed by atoms with Crippen LogP contribution in [-0.4, -0.2) is 49.9 Å². The molecule has 0 aromatic heterocycles. The largest absolute Gasteiger partial charge is 0.411 e. The van der Waals surface area contributed by atoms with Gasteiger partial charge in [-0.2, -0.15) is 0 Å². The third-order valence-electron chi connectivity index (χ3n) is 5.19. The maximum atomic E-state index is 12.4. The van der Waals surface area contributed by atoms with E-state index in [-0.39, 0.29) is 29.6 Å². The van der Waals surface area contributed by atoms with E-state index in [2.05, 4.69) is 33.9 Å². The SMILES string of the molecule is CC1(C)O[C@H]2[C@H](O1)[C@@H](CO)C(=O)C[C@@H]2O[Si](C)(C)C(C)(C)C. The molecule has 0 radical (unpaired) electrons. The third kappa shape index (κ3) is 3.31. The van der Waals surface area contributed by atoms with E-state index in [1.54, 1.807) is 0 Å². The fourth-order valence-electron chi connectivity index (χ4n) is 2.93. The van der Waals surface area contributed by atoms with Gasteiger partial charge in [-0.1, -0.05) is 20.8 Å². The molecule has 0 aromatic rings. The number of aliphatic hydroxyl groups excluding tert-OH is 1. The minimum atomic E-state index is -2.01. The van der Waals surface area contributed by atoms with Crippen LogP contribution in [0.3, 0.4) is 0 Å². The second-order valence-corrected chi connectivity index (χ2v) is 13.2. The van der Waals surface area contributed by atoms with Crippen molar-refractivity contribution in [2.75, 3.05) is 6.61 Å². The number of Topliss-reactive ketones (excluding diaryl/α,β-unsaturated/α-hetero) is 1. The number of fused-ring (bicyclic) bond motifs is 1. The molecule has 22 heavy (non-hydrogen) atoms. The predicted octanol–water partition coefficient (Wildman–Crippen LogP) is 2.48. The molecule has 0 amide bonds. The first kappa shape index (κ1) is 18.1. The second-order valence-electron chi connectivity index (χ2n) is 8.44. The van der Waals surface area contributed by atoms with Crippen LogP contribution < -0.4 is 0 Å². The van der Waals surface area contributed by atoms with Crippen molar-refractivity contribution in [2.24, 2.45) is 5.92 Å². The quantitative estimate of drug-likeness (QED) is 0.805. The molecule has 2 fully saturated rings. The number of ether oxygens (including phenoxy) is 2. The lowest BCUT2D eigenvalue weighted by atomic mass is 9.82. The van der Waals surface area contributed by atoms with Gasteiger partial charge in [0.05, 0.1) is 18.6 Å². The second kappa shape index (κ2) is 5.67. The molecule has 0 spiro atoms. The van der Waals surface area contributed by atoms with Crippen molar-refractivity contribution in [3.63, 3.8) is 0 Å². The Balaban J connectivity index is 2.24. The lowest BCUT2D eigenvalue weighted by Gasteiger charge is -2.43. The average molecular weight is 330 g/mol. The molecule has 1 heterocycles. The summed E-state index contributed by atoms with van der Waals surface area (Å²) in [5.41, 5.74) is 0. The molecule has 2 aliphatic rings. The average Bonchev–Trinajstić information content (AvgIpc) is 2.63. The highest BCUT2D eigenvalue weighted by atomic mass is 28.4. The van der Waals surface area contributed by atoms with Crippen molar-refractivity contribution in [3.8, 4) is 0 Å². The van der Waals surface area contributed by atoms with Gasteiger partial charge < -0.3 is 19.0 Å². The van der Waals surface area contributed by atoms with Crippen LogP contribution in [0.15, 0.2) is 0 Å². The fraction of sp³-hybridized carbons (Fsp3) is 0.938. The zero-order chi connectivity index (χ0) is 16.9. The number of aliphatic hydroxyl groups is 1. The summed E-state index contributed by atoms with van der Waals surface area (Å²) in [6, 6.07) is 0. The molecule has 1 aliphatic heterocycles. The Kier molecular flexibility index (Phi) is 4.65. The number of rotatable bonds is 3. The van der Waals surface area contributed by atoms with Crippen LogP contribution in [0.5, 0.6) is 0 Å². The van der Waals surface area contributed by atoms with Crippen molar-refractivity contribution < 1.29 is 23.8 Å². The first-order valence-corrected chi connectivity index (χ1v) is 11.0. The first-order chi connectivity index (χ1) is 9.88. The highest BCUT2D eigenvalue weighted by Gasteiger charge is 2.55. The standard InChI is InChI=1S/C16H30O5Si/c1-15(2,3)22(6,7)21-12-8-11(18)10(9-17)13-14(12)20-16(4,5)19-13/h10,12-14,17H,8-9H2,1-7H3/t10-,12-,13+,14+/m0/s1. The molecule has 0 bridgehead atoms. The Bertz CT molecular complexity index is 440. The Morgan fingerprint density at radius 1 is 1.27 bits per heavy atom. The summed E-state index contributed by atoms with van der Waals surface area (Å²) >= 11 is 0. The van der Waals surface area contributed by atoms with Crippen molar-refractivity contribution >= 4 is 14.1 Å².